The van der Waals surface area contributed by atoms with Crippen molar-refractivity contribution in [1.29, 1.82) is 0 Å². The Morgan fingerprint density at radius 3 is 2.56 bits per heavy atom. The maximum atomic E-state index is 6.29. The first-order valence-electron chi connectivity index (χ1n) is 9.30. The zero-order valence-electron chi connectivity index (χ0n) is 15.7. The molecule has 1 fully saturated rings. The first kappa shape index (κ1) is 17.8. The number of hydrogen-bond donors (Lipinski definition) is 1. The van der Waals surface area contributed by atoms with Gasteiger partial charge >= 0.3 is 0 Å². The quantitative estimate of drug-likeness (QED) is 0.839. The number of fused-ring (bicyclic) bond motifs is 1. The lowest BCUT2D eigenvalue weighted by atomic mass is 10.0. The van der Waals surface area contributed by atoms with Gasteiger partial charge in [-0.2, -0.15) is 0 Å². The van der Waals surface area contributed by atoms with E-state index in [2.05, 4.69) is 5.32 Å². The van der Waals surface area contributed by atoms with Crippen LogP contribution in [0.5, 0.6) is 28.7 Å². The average molecular weight is 371 g/mol. The van der Waals surface area contributed by atoms with Crippen LogP contribution in [-0.2, 0) is 6.42 Å². The molecule has 6 heteroatoms. The Hall–Kier alpha value is -2.60. The molecular formula is C21H25NO5. The van der Waals surface area contributed by atoms with Crippen molar-refractivity contribution < 1.29 is 23.7 Å². The van der Waals surface area contributed by atoms with Gasteiger partial charge in [0.1, 0.15) is 23.5 Å². The Morgan fingerprint density at radius 2 is 1.81 bits per heavy atom. The smallest absolute Gasteiger partial charge is 0.231 e. The van der Waals surface area contributed by atoms with E-state index in [0.717, 1.165) is 52.8 Å². The van der Waals surface area contributed by atoms with Crippen molar-refractivity contribution in [2.75, 3.05) is 27.6 Å². The van der Waals surface area contributed by atoms with Gasteiger partial charge in [0.25, 0.3) is 0 Å². The first-order chi connectivity index (χ1) is 13.3. The van der Waals surface area contributed by atoms with Crippen LogP contribution in [0.4, 0.5) is 0 Å². The molecule has 6 nitrogen and oxygen atoms in total. The van der Waals surface area contributed by atoms with E-state index in [1.54, 1.807) is 14.2 Å². The second-order valence-electron chi connectivity index (χ2n) is 6.72. The fourth-order valence-electron chi connectivity index (χ4n) is 3.49. The van der Waals surface area contributed by atoms with Crippen molar-refractivity contribution in [3.05, 3.63) is 41.5 Å². The molecule has 4 rings (SSSR count). The summed E-state index contributed by atoms with van der Waals surface area (Å²) in [6.07, 6.45) is 4.04. The van der Waals surface area contributed by atoms with Gasteiger partial charge in [0.15, 0.2) is 11.5 Å². The van der Waals surface area contributed by atoms with Crippen LogP contribution >= 0.6 is 0 Å². The lowest BCUT2D eigenvalue weighted by Gasteiger charge is -2.26. The first-order valence-corrected chi connectivity index (χ1v) is 9.30. The summed E-state index contributed by atoms with van der Waals surface area (Å²) >= 11 is 0. The predicted molar refractivity (Wildman–Crippen MR) is 101 cm³/mol. The minimum atomic E-state index is 0.0237. The zero-order chi connectivity index (χ0) is 18.6. The summed E-state index contributed by atoms with van der Waals surface area (Å²) in [6.45, 7) is 1.22. The molecule has 1 atom stereocenters. The van der Waals surface area contributed by atoms with Gasteiger partial charge in [-0.3, -0.25) is 5.32 Å². The van der Waals surface area contributed by atoms with Crippen molar-refractivity contribution in [1.82, 2.24) is 5.32 Å². The van der Waals surface area contributed by atoms with Crippen LogP contribution in [0.15, 0.2) is 30.3 Å². The van der Waals surface area contributed by atoms with E-state index in [-0.39, 0.29) is 13.0 Å². The summed E-state index contributed by atoms with van der Waals surface area (Å²) in [5.41, 5.74) is 2.09. The molecule has 0 bridgehead atoms. The summed E-state index contributed by atoms with van der Waals surface area (Å²) in [6, 6.07) is 9.79. The number of methoxy groups -OCH3 is 2. The van der Waals surface area contributed by atoms with Crippen LogP contribution in [0.3, 0.4) is 0 Å². The minimum Gasteiger partial charge on any atom is -0.497 e. The molecule has 1 saturated heterocycles. The molecule has 1 N–H and O–H groups in total. The van der Waals surface area contributed by atoms with Crippen LogP contribution in [-0.4, -0.2) is 33.8 Å². The summed E-state index contributed by atoms with van der Waals surface area (Å²) in [5, 5.41) is 3.43. The molecule has 27 heavy (non-hydrogen) atoms. The summed E-state index contributed by atoms with van der Waals surface area (Å²) in [4.78, 5) is 0. The summed E-state index contributed by atoms with van der Waals surface area (Å²) in [7, 11) is 3.32. The average Bonchev–Trinajstić information content (AvgIpc) is 3.16. The lowest BCUT2D eigenvalue weighted by molar-refractivity contribution is 0.131. The lowest BCUT2D eigenvalue weighted by Crippen LogP contribution is -2.38. The van der Waals surface area contributed by atoms with E-state index in [1.807, 2.05) is 30.3 Å². The molecule has 144 valence electrons. The molecule has 0 aromatic heterocycles. The molecule has 2 aromatic carbocycles. The van der Waals surface area contributed by atoms with Gasteiger partial charge < -0.3 is 23.7 Å². The highest BCUT2D eigenvalue weighted by molar-refractivity contribution is 5.54. The Bertz CT molecular complexity index is 801. The van der Waals surface area contributed by atoms with Crippen LogP contribution in [0.1, 0.15) is 30.4 Å². The highest BCUT2D eigenvalue weighted by Crippen LogP contribution is 2.40. The zero-order valence-corrected chi connectivity index (χ0v) is 15.7. The second kappa shape index (κ2) is 7.96. The SMILES string of the molecule is COc1ccc(Cc2cc3c(cc2OC2CCCCN2)OCO3)c(OC)c1. The third-order valence-electron chi connectivity index (χ3n) is 4.97. The van der Waals surface area contributed by atoms with Crippen molar-refractivity contribution in [2.45, 2.75) is 31.9 Å². The Kier molecular flexibility index (Phi) is 5.25. The number of piperidine rings is 1. The van der Waals surface area contributed by atoms with Crippen LogP contribution in [0.25, 0.3) is 0 Å². The molecule has 0 radical (unpaired) electrons. The van der Waals surface area contributed by atoms with Gasteiger partial charge in [-0.15, -0.1) is 0 Å². The van der Waals surface area contributed by atoms with E-state index in [1.165, 1.54) is 12.8 Å². The predicted octanol–water partition coefficient (Wildman–Crippen LogP) is 3.50. The molecule has 0 spiro atoms. The third-order valence-corrected chi connectivity index (χ3v) is 4.97. The van der Waals surface area contributed by atoms with E-state index < -0.39 is 0 Å². The molecule has 0 amide bonds. The molecule has 2 aliphatic rings. The Balaban J connectivity index is 1.64. The Labute approximate surface area is 159 Å². The highest BCUT2D eigenvalue weighted by atomic mass is 16.7. The molecule has 0 aliphatic carbocycles. The van der Waals surface area contributed by atoms with Gasteiger partial charge in [0.05, 0.1) is 14.2 Å². The maximum Gasteiger partial charge on any atom is 0.231 e. The van der Waals surface area contributed by atoms with Crippen molar-refractivity contribution in [2.24, 2.45) is 0 Å². The van der Waals surface area contributed by atoms with Crippen molar-refractivity contribution in [3.63, 3.8) is 0 Å². The molecule has 2 aromatic rings. The van der Waals surface area contributed by atoms with E-state index >= 15 is 0 Å². The number of ether oxygens (including phenoxy) is 5. The molecule has 0 saturated carbocycles. The molecule has 2 heterocycles. The second-order valence-corrected chi connectivity index (χ2v) is 6.72. The normalized spacial score (nSPS) is 18.2. The van der Waals surface area contributed by atoms with Crippen molar-refractivity contribution >= 4 is 0 Å². The Morgan fingerprint density at radius 1 is 0.963 bits per heavy atom. The highest BCUT2D eigenvalue weighted by Gasteiger charge is 2.22. The fraction of sp³-hybridized carbons (Fsp3) is 0.429. The third kappa shape index (κ3) is 3.90. The largest absolute Gasteiger partial charge is 0.497 e. The van der Waals surface area contributed by atoms with Crippen LogP contribution in [0.2, 0.25) is 0 Å². The number of benzene rings is 2. The van der Waals surface area contributed by atoms with E-state index in [9.17, 15) is 0 Å². The molecule has 1 unspecified atom stereocenters. The van der Waals surface area contributed by atoms with E-state index in [0.29, 0.717) is 6.42 Å². The van der Waals surface area contributed by atoms with Gasteiger partial charge in [-0.1, -0.05) is 6.07 Å². The van der Waals surface area contributed by atoms with Crippen LogP contribution < -0.4 is 29.0 Å². The van der Waals surface area contributed by atoms with Gasteiger partial charge in [0.2, 0.25) is 6.79 Å². The minimum absolute atomic E-state index is 0.0237. The number of hydrogen-bond acceptors (Lipinski definition) is 6. The summed E-state index contributed by atoms with van der Waals surface area (Å²) in [5.74, 6) is 3.85. The van der Waals surface area contributed by atoms with Gasteiger partial charge in [-0.05, 0) is 43.5 Å². The molecular weight excluding hydrogens is 346 g/mol. The topological polar surface area (TPSA) is 58.2 Å². The maximum absolute atomic E-state index is 6.29. The van der Waals surface area contributed by atoms with Gasteiger partial charge in [-0.25, -0.2) is 0 Å². The number of nitrogens with one attached hydrogen (secondary N) is 1. The van der Waals surface area contributed by atoms with Crippen molar-refractivity contribution in [3.8, 4) is 28.7 Å². The standard InChI is InChI=1S/C21H25NO5/c1-23-16-7-6-14(17(11-16)24-2)9-15-10-19-20(26-13-25-19)12-18(15)27-21-5-3-4-8-22-21/h6-7,10-12,21-22H,3-5,8-9,13H2,1-2H3. The molecule has 2 aliphatic heterocycles. The monoisotopic (exact) mass is 371 g/mol. The van der Waals surface area contributed by atoms with Gasteiger partial charge in [0, 0.05) is 24.1 Å². The number of rotatable bonds is 6. The van der Waals surface area contributed by atoms with E-state index in [4.69, 9.17) is 23.7 Å². The van der Waals surface area contributed by atoms with Crippen LogP contribution in [0, 0.1) is 0 Å². The fourth-order valence-corrected chi connectivity index (χ4v) is 3.49. The summed E-state index contributed by atoms with van der Waals surface area (Å²) < 4.78 is 28.3.